The van der Waals surface area contributed by atoms with E-state index in [2.05, 4.69) is 22.1 Å². The molecule has 1 heterocycles. The van der Waals surface area contributed by atoms with E-state index in [1.165, 1.54) is 4.80 Å². The Kier molecular flexibility index (Phi) is 4.49. The van der Waals surface area contributed by atoms with E-state index in [1.54, 1.807) is 6.08 Å². The molecule has 110 valence electrons. The maximum absolute atomic E-state index is 12.0. The maximum Gasteiger partial charge on any atom is 0.274 e. The third-order valence-corrected chi connectivity index (χ3v) is 3.18. The molecule has 6 heteroatoms. The van der Waals surface area contributed by atoms with Crippen molar-refractivity contribution in [2.24, 2.45) is 0 Å². The first-order chi connectivity index (χ1) is 10.1. The molecule has 0 radical (unpaired) electrons. The predicted molar refractivity (Wildman–Crippen MR) is 79.3 cm³/mol. The standard InChI is InChI=1S/C15H18N4O2/c1-4-7-16-15(21)14-13(9-20)17-19(18-14)12-6-5-10(2)11(3)8-12/h4-6,8,20H,1,7,9H2,2-3H3,(H,16,21). The van der Waals surface area contributed by atoms with Gasteiger partial charge in [-0.15, -0.1) is 16.8 Å². The fraction of sp³-hybridized carbons (Fsp3) is 0.267. The fourth-order valence-electron chi connectivity index (χ4n) is 1.83. The van der Waals surface area contributed by atoms with Crippen LogP contribution >= 0.6 is 0 Å². The highest BCUT2D eigenvalue weighted by molar-refractivity contribution is 5.93. The molecule has 0 aliphatic heterocycles. The van der Waals surface area contributed by atoms with Gasteiger partial charge in [-0.3, -0.25) is 4.79 Å². The van der Waals surface area contributed by atoms with Crippen LogP contribution in [0.2, 0.25) is 0 Å². The minimum Gasteiger partial charge on any atom is -0.390 e. The van der Waals surface area contributed by atoms with E-state index in [4.69, 9.17) is 0 Å². The van der Waals surface area contributed by atoms with Gasteiger partial charge in [-0.25, -0.2) is 0 Å². The number of aliphatic hydroxyl groups excluding tert-OH is 1. The van der Waals surface area contributed by atoms with Gasteiger partial charge in [-0.1, -0.05) is 12.1 Å². The SMILES string of the molecule is C=CCNC(=O)c1nn(-c2ccc(C)c(C)c2)nc1CO. The van der Waals surface area contributed by atoms with Crippen molar-refractivity contribution in [1.82, 2.24) is 20.3 Å². The number of nitrogens with zero attached hydrogens (tertiary/aromatic N) is 3. The van der Waals surface area contributed by atoms with Gasteiger partial charge in [-0.2, -0.15) is 4.80 Å². The number of aryl methyl sites for hydroxylation is 2. The molecular formula is C15H18N4O2. The molecule has 0 saturated carbocycles. The molecular weight excluding hydrogens is 268 g/mol. The summed E-state index contributed by atoms with van der Waals surface area (Å²) in [6.45, 7) is 7.53. The molecule has 0 aliphatic rings. The normalized spacial score (nSPS) is 10.4. The number of hydrogen-bond donors (Lipinski definition) is 2. The summed E-state index contributed by atoms with van der Waals surface area (Å²) < 4.78 is 0. The molecule has 2 N–H and O–H groups in total. The van der Waals surface area contributed by atoms with E-state index in [0.29, 0.717) is 6.54 Å². The van der Waals surface area contributed by atoms with Crippen LogP contribution in [0, 0.1) is 13.8 Å². The number of carbonyl (C=O) groups is 1. The summed E-state index contributed by atoms with van der Waals surface area (Å²) >= 11 is 0. The van der Waals surface area contributed by atoms with Gasteiger partial charge >= 0.3 is 0 Å². The second-order valence-corrected chi connectivity index (χ2v) is 4.71. The Balaban J connectivity index is 2.37. The quantitative estimate of drug-likeness (QED) is 0.812. The molecule has 0 atom stereocenters. The third-order valence-electron chi connectivity index (χ3n) is 3.18. The number of hydrogen-bond acceptors (Lipinski definition) is 4. The number of nitrogens with one attached hydrogen (secondary N) is 1. The van der Waals surface area contributed by atoms with Crippen LogP contribution in [0.4, 0.5) is 0 Å². The first kappa shape index (κ1) is 14.9. The highest BCUT2D eigenvalue weighted by atomic mass is 16.3. The lowest BCUT2D eigenvalue weighted by molar-refractivity contribution is 0.0949. The summed E-state index contributed by atoms with van der Waals surface area (Å²) in [6, 6.07) is 5.76. The van der Waals surface area contributed by atoms with Crippen LogP contribution in [0.3, 0.4) is 0 Å². The fourth-order valence-corrected chi connectivity index (χ4v) is 1.83. The smallest absolute Gasteiger partial charge is 0.274 e. The molecule has 2 rings (SSSR count). The molecule has 1 aromatic carbocycles. The Morgan fingerprint density at radius 1 is 1.38 bits per heavy atom. The zero-order chi connectivity index (χ0) is 15.4. The molecule has 0 bridgehead atoms. The Morgan fingerprint density at radius 3 is 2.76 bits per heavy atom. The summed E-state index contributed by atoms with van der Waals surface area (Å²) in [5, 5.41) is 20.3. The number of carbonyl (C=O) groups excluding carboxylic acids is 1. The Hall–Kier alpha value is -2.47. The summed E-state index contributed by atoms with van der Waals surface area (Å²) in [5.74, 6) is -0.381. The van der Waals surface area contributed by atoms with E-state index >= 15 is 0 Å². The lowest BCUT2D eigenvalue weighted by atomic mass is 10.1. The number of rotatable bonds is 5. The molecule has 1 amide bonds. The Labute approximate surface area is 123 Å². The zero-order valence-electron chi connectivity index (χ0n) is 12.1. The van der Waals surface area contributed by atoms with Gasteiger partial charge in [0.1, 0.15) is 5.69 Å². The second kappa shape index (κ2) is 6.32. The Bertz CT molecular complexity index is 676. The molecule has 0 spiro atoms. The minimum atomic E-state index is -0.381. The van der Waals surface area contributed by atoms with E-state index in [0.717, 1.165) is 16.8 Å². The van der Waals surface area contributed by atoms with E-state index < -0.39 is 0 Å². The summed E-state index contributed by atoms with van der Waals surface area (Å²) in [6.07, 6.45) is 1.57. The minimum absolute atomic E-state index is 0.123. The van der Waals surface area contributed by atoms with Gasteiger partial charge in [-0.05, 0) is 37.1 Å². The van der Waals surface area contributed by atoms with Crippen molar-refractivity contribution in [3.8, 4) is 5.69 Å². The van der Waals surface area contributed by atoms with Crippen molar-refractivity contribution in [2.45, 2.75) is 20.5 Å². The lowest BCUT2D eigenvalue weighted by Gasteiger charge is -2.03. The van der Waals surface area contributed by atoms with Crippen LogP contribution < -0.4 is 5.32 Å². The molecule has 0 saturated heterocycles. The number of amides is 1. The second-order valence-electron chi connectivity index (χ2n) is 4.71. The summed E-state index contributed by atoms with van der Waals surface area (Å²) in [4.78, 5) is 13.3. The van der Waals surface area contributed by atoms with E-state index in [-0.39, 0.29) is 23.9 Å². The monoisotopic (exact) mass is 286 g/mol. The lowest BCUT2D eigenvalue weighted by Crippen LogP contribution is -2.24. The Morgan fingerprint density at radius 2 is 2.14 bits per heavy atom. The average molecular weight is 286 g/mol. The topological polar surface area (TPSA) is 80.0 Å². The van der Waals surface area contributed by atoms with Gasteiger partial charge in [0.25, 0.3) is 5.91 Å². The molecule has 0 fully saturated rings. The van der Waals surface area contributed by atoms with Crippen LogP contribution in [0.1, 0.15) is 27.3 Å². The van der Waals surface area contributed by atoms with Crippen LogP contribution in [0.5, 0.6) is 0 Å². The van der Waals surface area contributed by atoms with Gasteiger partial charge < -0.3 is 10.4 Å². The molecule has 1 aromatic heterocycles. The van der Waals surface area contributed by atoms with Crippen molar-refractivity contribution in [1.29, 1.82) is 0 Å². The molecule has 0 aliphatic carbocycles. The van der Waals surface area contributed by atoms with Gasteiger partial charge in [0.05, 0.1) is 12.3 Å². The van der Waals surface area contributed by atoms with E-state index in [1.807, 2.05) is 32.0 Å². The number of aliphatic hydroxyl groups is 1. The van der Waals surface area contributed by atoms with Crippen molar-refractivity contribution in [2.75, 3.05) is 6.54 Å². The highest BCUT2D eigenvalue weighted by Gasteiger charge is 2.18. The molecule has 6 nitrogen and oxygen atoms in total. The van der Waals surface area contributed by atoms with Gasteiger partial charge in [0.2, 0.25) is 0 Å². The van der Waals surface area contributed by atoms with Crippen LogP contribution in [0.25, 0.3) is 5.69 Å². The average Bonchev–Trinajstić information content (AvgIpc) is 2.92. The number of benzene rings is 1. The van der Waals surface area contributed by atoms with Crippen LogP contribution in [-0.2, 0) is 6.61 Å². The first-order valence-electron chi connectivity index (χ1n) is 6.60. The summed E-state index contributed by atoms with van der Waals surface area (Å²) in [5.41, 5.74) is 3.38. The molecule has 2 aromatic rings. The molecule has 0 unspecified atom stereocenters. The van der Waals surface area contributed by atoms with Crippen molar-refractivity contribution < 1.29 is 9.90 Å². The molecule has 21 heavy (non-hydrogen) atoms. The third kappa shape index (κ3) is 3.17. The van der Waals surface area contributed by atoms with Crippen LogP contribution in [-0.4, -0.2) is 32.6 Å². The van der Waals surface area contributed by atoms with Gasteiger partial charge in [0.15, 0.2) is 5.69 Å². The van der Waals surface area contributed by atoms with Crippen molar-refractivity contribution in [3.05, 3.63) is 53.4 Å². The summed E-state index contributed by atoms with van der Waals surface area (Å²) in [7, 11) is 0. The zero-order valence-corrected chi connectivity index (χ0v) is 12.1. The van der Waals surface area contributed by atoms with E-state index in [9.17, 15) is 9.90 Å². The largest absolute Gasteiger partial charge is 0.390 e. The van der Waals surface area contributed by atoms with Crippen molar-refractivity contribution >= 4 is 5.91 Å². The highest BCUT2D eigenvalue weighted by Crippen LogP contribution is 2.14. The van der Waals surface area contributed by atoms with Crippen molar-refractivity contribution in [3.63, 3.8) is 0 Å². The predicted octanol–water partition coefficient (Wildman–Crippen LogP) is 1.29. The van der Waals surface area contributed by atoms with Gasteiger partial charge in [0, 0.05) is 6.54 Å². The first-order valence-corrected chi connectivity index (χ1v) is 6.60. The maximum atomic E-state index is 12.0. The number of aromatic nitrogens is 3. The van der Waals surface area contributed by atoms with Crippen LogP contribution in [0.15, 0.2) is 30.9 Å².